The summed E-state index contributed by atoms with van der Waals surface area (Å²) in [5.41, 5.74) is 1.08. The van der Waals surface area contributed by atoms with Gasteiger partial charge in [0.05, 0.1) is 11.4 Å². The molecule has 150 valence electrons. The van der Waals surface area contributed by atoms with Crippen molar-refractivity contribution in [1.29, 1.82) is 0 Å². The van der Waals surface area contributed by atoms with Gasteiger partial charge >= 0.3 is 6.03 Å². The third kappa shape index (κ3) is 3.38. The molecule has 1 fully saturated rings. The topological polar surface area (TPSA) is 105 Å². The number of carbonyl (C=O) groups excluding carboxylic acids is 3. The molecule has 0 radical (unpaired) electrons. The Morgan fingerprint density at radius 1 is 1.21 bits per heavy atom. The van der Waals surface area contributed by atoms with E-state index in [1.165, 1.54) is 10.8 Å². The second-order valence-electron chi connectivity index (χ2n) is 6.55. The van der Waals surface area contributed by atoms with E-state index in [4.69, 9.17) is 0 Å². The van der Waals surface area contributed by atoms with Crippen LogP contribution in [0.1, 0.15) is 5.69 Å². The molecule has 0 bridgehead atoms. The van der Waals surface area contributed by atoms with Gasteiger partial charge in [-0.15, -0.1) is 6.58 Å². The predicted octanol–water partition coefficient (Wildman–Crippen LogP) is 1.29. The van der Waals surface area contributed by atoms with E-state index < -0.39 is 23.8 Å². The summed E-state index contributed by atoms with van der Waals surface area (Å²) in [5.74, 6) is -2.88. The molecule has 0 spiro atoms. The van der Waals surface area contributed by atoms with Gasteiger partial charge in [-0.1, -0.05) is 30.9 Å². The number of aromatic nitrogens is 2. The molecule has 1 aromatic carbocycles. The highest BCUT2D eigenvalue weighted by Crippen LogP contribution is 2.22. The first-order valence-electron chi connectivity index (χ1n) is 8.84. The van der Waals surface area contributed by atoms with Gasteiger partial charge < -0.3 is 5.32 Å². The van der Waals surface area contributed by atoms with Crippen molar-refractivity contribution < 1.29 is 14.4 Å². The van der Waals surface area contributed by atoms with E-state index in [0.29, 0.717) is 11.4 Å². The second kappa shape index (κ2) is 7.63. The molecule has 1 atom stereocenters. The predicted molar refractivity (Wildman–Crippen MR) is 107 cm³/mol. The molecule has 9 nitrogen and oxygen atoms in total. The van der Waals surface area contributed by atoms with Gasteiger partial charge in [-0.3, -0.25) is 29.3 Å². The number of para-hydroxylation sites is 1. The molecule has 3 rings (SSSR count). The Morgan fingerprint density at radius 3 is 2.48 bits per heavy atom. The zero-order valence-electron chi connectivity index (χ0n) is 16.1. The number of nitrogens with zero attached hydrogens (tertiary/aromatic N) is 3. The molecule has 2 N–H and O–H groups in total. The highest BCUT2D eigenvalue weighted by atomic mass is 16.2. The molecule has 1 saturated heterocycles. The average molecular weight is 395 g/mol. The largest absolute Gasteiger partial charge is 0.352 e. The summed E-state index contributed by atoms with van der Waals surface area (Å²) in [4.78, 5) is 50.6. The zero-order valence-corrected chi connectivity index (χ0v) is 16.1. The number of benzene rings is 1. The van der Waals surface area contributed by atoms with Crippen molar-refractivity contribution in [3.05, 3.63) is 71.3 Å². The lowest BCUT2D eigenvalue weighted by atomic mass is 10.0. The summed E-state index contributed by atoms with van der Waals surface area (Å²) in [6.07, 6.45) is 1.38. The summed E-state index contributed by atoms with van der Waals surface area (Å²) in [7, 11) is 1.72. The fourth-order valence-electron chi connectivity index (χ4n) is 3.17. The Balaban J connectivity index is 1.94. The van der Waals surface area contributed by atoms with Crippen molar-refractivity contribution in [3.8, 4) is 5.69 Å². The molecule has 0 unspecified atom stereocenters. The van der Waals surface area contributed by atoms with E-state index in [-0.39, 0.29) is 23.5 Å². The Morgan fingerprint density at radius 2 is 1.86 bits per heavy atom. The van der Waals surface area contributed by atoms with Crippen LogP contribution in [0.2, 0.25) is 0 Å². The number of nitrogens with one attached hydrogen (secondary N) is 2. The van der Waals surface area contributed by atoms with Crippen molar-refractivity contribution in [2.24, 2.45) is 13.0 Å². The lowest BCUT2D eigenvalue weighted by Gasteiger charge is -2.30. The van der Waals surface area contributed by atoms with Gasteiger partial charge in [0.25, 0.3) is 5.56 Å². The maximum absolute atomic E-state index is 13.0. The van der Waals surface area contributed by atoms with Crippen LogP contribution in [0, 0.1) is 12.8 Å². The van der Waals surface area contributed by atoms with Crippen LogP contribution < -0.4 is 16.2 Å². The molecule has 1 aliphatic heterocycles. The smallest absolute Gasteiger partial charge is 0.331 e. The third-order valence-corrected chi connectivity index (χ3v) is 4.75. The van der Waals surface area contributed by atoms with Gasteiger partial charge in [-0.05, 0) is 19.1 Å². The second-order valence-corrected chi connectivity index (χ2v) is 6.55. The number of anilines is 1. The minimum atomic E-state index is -1.35. The van der Waals surface area contributed by atoms with E-state index in [0.717, 1.165) is 4.90 Å². The van der Waals surface area contributed by atoms with E-state index in [1.54, 1.807) is 30.8 Å². The van der Waals surface area contributed by atoms with Crippen molar-refractivity contribution >= 4 is 23.5 Å². The number of rotatable bonds is 6. The summed E-state index contributed by atoms with van der Waals surface area (Å²) in [5, 5.41) is 4.95. The maximum Gasteiger partial charge on any atom is 0.331 e. The number of carbonyl (C=O) groups is 3. The number of hydrogen-bond acceptors (Lipinski definition) is 5. The fraction of sp³-hybridized carbons (Fsp3) is 0.200. The van der Waals surface area contributed by atoms with Crippen LogP contribution in [0.3, 0.4) is 0 Å². The van der Waals surface area contributed by atoms with Crippen molar-refractivity contribution in [3.63, 3.8) is 0 Å². The van der Waals surface area contributed by atoms with Gasteiger partial charge in [0.1, 0.15) is 5.69 Å². The normalized spacial score (nSPS) is 16.6. The Labute approximate surface area is 166 Å². The van der Waals surface area contributed by atoms with Crippen LogP contribution in [0.15, 0.2) is 60.1 Å². The number of urea groups is 1. The molecule has 0 aliphatic carbocycles. The quantitative estimate of drug-likeness (QED) is 0.566. The van der Waals surface area contributed by atoms with E-state index >= 15 is 0 Å². The Bertz CT molecular complexity index is 1080. The molecule has 0 saturated carbocycles. The summed E-state index contributed by atoms with van der Waals surface area (Å²) < 4.78 is 3.12. The van der Waals surface area contributed by atoms with Crippen LogP contribution >= 0.6 is 0 Å². The van der Waals surface area contributed by atoms with Gasteiger partial charge in [-0.25, -0.2) is 9.48 Å². The number of amides is 4. The van der Waals surface area contributed by atoms with E-state index in [2.05, 4.69) is 23.8 Å². The summed E-state index contributed by atoms with van der Waals surface area (Å²) >= 11 is 0. The highest BCUT2D eigenvalue weighted by molar-refractivity contribution is 6.18. The highest BCUT2D eigenvalue weighted by Gasteiger charge is 2.42. The zero-order chi connectivity index (χ0) is 21.3. The molecule has 1 aliphatic rings. The molecular weight excluding hydrogens is 374 g/mol. The first-order valence-corrected chi connectivity index (χ1v) is 8.84. The summed E-state index contributed by atoms with van der Waals surface area (Å²) in [6.45, 7) is 8.96. The molecule has 9 heteroatoms. The van der Waals surface area contributed by atoms with Gasteiger partial charge in [0.15, 0.2) is 5.92 Å². The first-order chi connectivity index (χ1) is 13.8. The van der Waals surface area contributed by atoms with Crippen molar-refractivity contribution in [2.75, 3.05) is 11.9 Å². The molecular formula is C20H21N5O4. The molecule has 1 aromatic heterocycles. The maximum atomic E-state index is 13.0. The SMILES string of the molecule is C=CCN1C(=O)NC(=O)[C@H](C(=C)Nc2c(C)n(C)n(-c3ccccc3)c2=O)C1=O. The lowest BCUT2D eigenvalue weighted by molar-refractivity contribution is -0.140. The monoisotopic (exact) mass is 395 g/mol. The molecule has 2 heterocycles. The Hall–Kier alpha value is -3.88. The van der Waals surface area contributed by atoms with Gasteiger partial charge in [0.2, 0.25) is 11.8 Å². The van der Waals surface area contributed by atoms with Crippen LogP contribution in [-0.2, 0) is 16.6 Å². The van der Waals surface area contributed by atoms with Crippen LogP contribution in [-0.4, -0.2) is 38.7 Å². The summed E-state index contributed by atoms with van der Waals surface area (Å²) in [6, 6.07) is 8.23. The van der Waals surface area contributed by atoms with Crippen molar-refractivity contribution in [1.82, 2.24) is 19.6 Å². The Kier molecular flexibility index (Phi) is 5.22. The number of barbiturate groups is 1. The standard InChI is InChI=1S/C20H21N5O4/c1-5-11-24-18(27)15(17(26)22-20(24)29)12(2)21-16-13(3)23(4)25(19(16)28)14-9-7-6-8-10-14/h5-10,15,21H,1-2,11H2,3-4H3,(H,22,26,29)/t15-/m0/s1. The van der Waals surface area contributed by atoms with E-state index in [9.17, 15) is 19.2 Å². The number of imide groups is 2. The van der Waals surface area contributed by atoms with Crippen LogP contribution in [0.25, 0.3) is 5.69 Å². The van der Waals surface area contributed by atoms with Gasteiger partial charge in [0, 0.05) is 19.3 Å². The third-order valence-electron chi connectivity index (χ3n) is 4.75. The minimum absolute atomic E-state index is 0.0000684. The van der Waals surface area contributed by atoms with E-state index in [1.807, 2.05) is 18.2 Å². The van der Waals surface area contributed by atoms with Crippen LogP contribution in [0.4, 0.5) is 10.5 Å². The van der Waals surface area contributed by atoms with Crippen molar-refractivity contribution in [2.45, 2.75) is 6.92 Å². The fourth-order valence-corrected chi connectivity index (χ4v) is 3.17. The molecule has 2 aromatic rings. The number of hydrogen-bond donors (Lipinski definition) is 2. The minimum Gasteiger partial charge on any atom is -0.352 e. The molecule has 4 amide bonds. The lowest BCUT2D eigenvalue weighted by Crippen LogP contribution is -2.58. The average Bonchev–Trinajstić information content (AvgIpc) is 2.89. The molecule has 29 heavy (non-hydrogen) atoms. The van der Waals surface area contributed by atoms with Gasteiger partial charge in [-0.2, -0.15) is 0 Å². The first kappa shape index (κ1) is 19.9. The van der Waals surface area contributed by atoms with Crippen LogP contribution in [0.5, 0.6) is 0 Å².